The van der Waals surface area contributed by atoms with Crippen molar-refractivity contribution in [1.29, 1.82) is 0 Å². The Morgan fingerprint density at radius 3 is 2.78 bits per heavy atom. The van der Waals surface area contributed by atoms with E-state index in [1.807, 2.05) is 6.07 Å². The second kappa shape index (κ2) is 5.13. The Morgan fingerprint density at radius 2 is 2.00 bits per heavy atom. The number of nitrogens with one attached hydrogen (secondary N) is 1. The molecule has 3 rings (SSSR count). The lowest BCUT2D eigenvalue weighted by atomic mass is 9.73. The maximum Gasteiger partial charge on any atom is 0.0640 e. The Balaban J connectivity index is 1.80. The Labute approximate surface area is 115 Å². The average molecular weight is 264 g/mol. The zero-order valence-electron chi connectivity index (χ0n) is 11.1. The van der Waals surface area contributed by atoms with Crippen molar-refractivity contribution in [3.05, 3.63) is 28.8 Å². The molecule has 98 valence electrons. The Hall–Kier alpha value is -0.690. The summed E-state index contributed by atoms with van der Waals surface area (Å²) < 4.78 is 0. The topological polar surface area (TPSA) is 12.0 Å². The third-order valence-electron chi connectivity index (χ3n) is 4.97. The van der Waals surface area contributed by atoms with Crippen molar-refractivity contribution >= 4 is 17.3 Å². The van der Waals surface area contributed by atoms with Gasteiger partial charge in [0.1, 0.15) is 0 Å². The van der Waals surface area contributed by atoms with E-state index in [1.54, 1.807) is 0 Å². The molecule has 0 aromatic heterocycles. The van der Waals surface area contributed by atoms with Gasteiger partial charge in [-0.25, -0.2) is 0 Å². The summed E-state index contributed by atoms with van der Waals surface area (Å²) in [4.78, 5) is 0. The zero-order chi connectivity index (χ0) is 12.5. The molecule has 0 bridgehead atoms. The maximum absolute atomic E-state index is 6.26. The molecule has 0 spiro atoms. The number of benzene rings is 1. The lowest BCUT2D eigenvalue weighted by Gasteiger charge is -2.31. The summed E-state index contributed by atoms with van der Waals surface area (Å²) in [6, 6.07) is 6.33. The summed E-state index contributed by atoms with van der Waals surface area (Å²) in [6.07, 6.45) is 7.14. The molecule has 1 saturated carbocycles. The SMILES string of the molecule is CC(C1CCCCC1)C1CNc2c(Cl)cccc21. The summed E-state index contributed by atoms with van der Waals surface area (Å²) in [5.41, 5.74) is 2.63. The first-order valence-electron chi connectivity index (χ1n) is 7.29. The van der Waals surface area contributed by atoms with E-state index in [1.165, 1.54) is 43.4 Å². The van der Waals surface area contributed by atoms with Crippen LogP contribution in [0.5, 0.6) is 0 Å². The van der Waals surface area contributed by atoms with Crippen molar-refractivity contribution in [3.63, 3.8) is 0 Å². The molecule has 1 fully saturated rings. The van der Waals surface area contributed by atoms with Gasteiger partial charge in [-0.2, -0.15) is 0 Å². The number of hydrogen-bond donors (Lipinski definition) is 1. The van der Waals surface area contributed by atoms with Crippen molar-refractivity contribution in [3.8, 4) is 0 Å². The van der Waals surface area contributed by atoms with Gasteiger partial charge in [0.15, 0.2) is 0 Å². The largest absolute Gasteiger partial charge is 0.383 e. The highest BCUT2D eigenvalue weighted by Gasteiger charge is 2.33. The van der Waals surface area contributed by atoms with E-state index in [9.17, 15) is 0 Å². The molecule has 2 atom stereocenters. The van der Waals surface area contributed by atoms with E-state index in [-0.39, 0.29) is 0 Å². The molecular formula is C16H22ClN. The fourth-order valence-electron chi connectivity index (χ4n) is 3.82. The smallest absolute Gasteiger partial charge is 0.0640 e. The van der Waals surface area contributed by atoms with Gasteiger partial charge in [-0.3, -0.25) is 0 Å². The van der Waals surface area contributed by atoms with Crippen LogP contribution < -0.4 is 5.32 Å². The van der Waals surface area contributed by atoms with Crippen LogP contribution in [-0.4, -0.2) is 6.54 Å². The Bertz CT molecular complexity index is 423. The number of para-hydroxylation sites is 1. The molecule has 1 heterocycles. The predicted octanol–water partition coefficient (Wildman–Crippen LogP) is 5.07. The van der Waals surface area contributed by atoms with Gasteiger partial charge in [0, 0.05) is 12.5 Å². The Morgan fingerprint density at radius 1 is 1.22 bits per heavy atom. The number of halogens is 1. The summed E-state index contributed by atoms with van der Waals surface area (Å²) in [5.74, 6) is 2.34. The minimum Gasteiger partial charge on any atom is -0.383 e. The molecule has 0 saturated heterocycles. The first-order valence-corrected chi connectivity index (χ1v) is 7.67. The highest BCUT2D eigenvalue weighted by Crippen LogP contribution is 2.45. The molecule has 1 aliphatic heterocycles. The second-order valence-electron chi connectivity index (χ2n) is 5.95. The lowest BCUT2D eigenvalue weighted by Crippen LogP contribution is -2.23. The molecule has 2 heteroatoms. The van der Waals surface area contributed by atoms with Gasteiger partial charge in [-0.15, -0.1) is 0 Å². The molecular weight excluding hydrogens is 242 g/mol. The average Bonchev–Trinajstić information content (AvgIpc) is 2.84. The summed E-state index contributed by atoms with van der Waals surface area (Å²) in [5, 5.41) is 4.39. The molecule has 1 aromatic rings. The number of hydrogen-bond acceptors (Lipinski definition) is 1. The summed E-state index contributed by atoms with van der Waals surface area (Å²) in [7, 11) is 0. The van der Waals surface area contributed by atoms with Crippen LogP contribution in [0.1, 0.15) is 50.5 Å². The first kappa shape index (κ1) is 12.3. The fraction of sp³-hybridized carbons (Fsp3) is 0.625. The maximum atomic E-state index is 6.26. The minimum absolute atomic E-state index is 0.654. The van der Waals surface area contributed by atoms with Gasteiger partial charge in [0.2, 0.25) is 0 Å². The molecule has 1 N–H and O–H groups in total. The molecule has 2 unspecified atom stereocenters. The third kappa shape index (κ3) is 2.14. The van der Waals surface area contributed by atoms with Gasteiger partial charge in [-0.1, -0.05) is 62.8 Å². The molecule has 2 aliphatic rings. The van der Waals surface area contributed by atoms with Gasteiger partial charge >= 0.3 is 0 Å². The molecule has 0 radical (unpaired) electrons. The van der Waals surface area contributed by atoms with Crippen LogP contribution in [0.4, 0.5) is 5.69 Å². The minimum atomic E-state index is 0.654. The van der Waals surface area contributed by atoms with Crippen LogP contribution >= 0.6 is 11.6 Å². The van der Waals surface area contributed by atoms with E-state index in [0.29, 0.717) is 5.92 Å². The van der Waals surface area contributed by atoms with Crippen molar-refractivity contribution in [2.45, 2.75) is 44.9 Å². The van der Waals surface area contributed by atoms with Crippen LogP contribution in [0.3, 0.4) is 0 Å². The normalized spacial score (nSPS) is 25.6. The molecule has 1 aromatic carbocycles. The predicted molar refractivity (Wildman–Crippen MR) is 78.4 cm³/mol. The van der Waals surface area contributed by atoms with Crippen molar-refractivity contribution < 1.29 is 0 Å². The Kier molecular flexibility index (Phi) is 3.52. The monoisotopic (exact) mass is 263 g/mol. The van der Waals surface area contributed by atoms with Crippen molar-refractivity contribution in [2.24, 2.45) is 11.8 Å². The van der Waals surface area contributed by atoms with Gasteiger partial charge < -0.3 is 5.32 Å². The van der Waals surface area contributed by atoms with Gasteiger partial charge in [0.25, 0.3) is 0 Å². The van der Waals surface area contributed by atoms with Crippen LogP contribution in [0, 0.1) is 11.8 Å². The first-order chi connectivity index (χ1) is 8.77. The van der Waals surface area contributed by atoms with E-state index < -0.39 is 0 Å². The molecule has 1 nitrogen and oxygen atoms in total. The highest BCUT2D eigenvalue weighted by molar-refractivity contribution is 6.33. The number of rotatable bonds is 2. The standard InChI is InChI=1S/C16H22ClN/c1-11(12-6-3-2-4-7-12)14-10-18-16-13(14)8-5-9-15(16)17/h5,8-9,11-12,14,18H,2-4,6-7,10H2,1H3. The lowest BCUT2D eigenvalue weighted by molar-refractivity contribution is 0.238. The van der Waals surface area contributed by atoms with Crippen LogP contribution in [-0.2, 0) is 0 Å². The van der Waals surface area contributed by atoms with Gasteiger partial charge in [0.05, 0.1) is 10.7 Å². The zero-order valence-corrected chi connectivity index (χ0v) is 11.8. The quantitative estimate of drug-likeness (QED) is 0.786. The second-order valence-corrected chi connectivity index (χ2v) is 6.36. The van der Waals surface area contributed by atoms with Crippen LogP contribution in [0.15, 0.2) is 18.2 Å². The summed E-state index contributed by atoms with van der Waals surface area (Å²) >= 11 is 6.26. The van der Waals surface area contributed by atoms with Crippen LogP contribution in [0.2, 0.25) is 5.02 Å². The van der Waals surface area contributed by atoms with E-state index >= 15 is 0 Å². The highest BCUT2D eigenvalue weighted by atomic mass is 35.5. The van der Waals surface area contributed by atoms with E-state index in [0.717, 1.165) is 23.4 Å². The van der Waals surface area contributed by atoms with Gasteiger partial charge in [-0.05, 0) is 23.5 Å². The number of fused-ring (bicyclic) bond motifs is 1. The molecule has 18 heavy (non-hydrogen) atoms. The molecule has 1 aliphatic carbocycles. The molecule has 0 amide bonds. The fourth-order valence-corrected chi connectivity index (χ4v) is 4.06. The number of anilines is 1. The summed E-state index contributed by atoms with van der Waals surface area (Å²) in [6.45, 7) is 3.51. The van der Waals surface area contributed by atoms with E-state index in [2.05, 4.69) is 24.4 Å². The van der Waals surface area contributed by atoms with Crippen molar-refractivity contribution in [2.75, 3.05) is 11.9 Å². The third-order valence-corrected chi connectivity index (χ3v) is 5.29. The van der Waals surface area contributed by atoms with E-state index in [4.69, 9.17) is 11.6 Å². The van der Waals surface area contributed by atoms with Crippen molar-refractivity contribution in [1.82, 2.24) is 0 Å². The van der Waals surface area contributed by atoms with Crippen LogP contribution in [0.25, 0.3) is 0 Å².